The Morgan fingerprint density at radius 2 is 0.740 bits per heavy atom. The molecule has 9 nitrogen and oxygen atoms in total. The summed E-state index contributed by atoms with van der Waals surface area (Å²) in [5.41, 5.74) is 0. The van der Waals surface area contributed by atoms with E-state index < -0.39 is 24.3 Å². The van der Waals surface area contributed by atoms with Crippen LogP contribution >= 0.6 is 0 Å². The number of likely N-dealkylation sites (N-methyl/N-ethyl adjacent to an activating group) is 1. The van der Waals surface area contributed by atoms with Gasteiger partial charge in [-0.15, -0.1) is 0 Å². The van der Waals surface area contributed by atoms with E-state index in [1.807, 2.05) is 21.1 Å². The summed E-state index contributed by atoms with van der Waals surface area (Å²) in [6.07, 6.45) is 81.6. The van der Waals surface area contributed by atoms with E-state index in [1.54, 1.807) is 0 Å². The summed E-state index contributed by atoms with van der Waals surface area (Å²) in [5, 5.41) is 11.8. The number of allylic oxidation sites excluding steroid dienone is 26. The number of rotatable bonds is 52. The highest BCUT2D eigenvalue weighted by Crippen LogP contribution is 2.12. The molecule has 0 aliphatic heterocycles. The van der Waals surface area contributed by atoms with Crippen molar-refractivity contribution in [2.24, 2.45) is 0 Å². The maximum atomic E-state index is 12.8. The molecule has 0 aromatic heterocycles. The van der Waals surface area contributed by atoms with E-state index in [1.165, 1.54) is 25.7 Å². The predicted molar refractivity (Wildman–Crippen MR) is 324 cm³/mol. The second-order valence-electron chi connectivity index (χ2n) is 20.2. The van der Waals surface area contributed by atoms with Crippen LogP contribution in [0.25, 0.3) is 0 Å². The molecule has 0 aliphatic carbocycles. The topological polar surface area (TPSA) is 111 Å². The number of quaternary nitrogens is 1. The number of carboxylic acid groups (broad SMARTS) is 1. The van der Waals surface area contributed by atoms with E-state index in [2.05, 4.69) is 172 Å². The van der Waals surface area contributed by atoms with Gasteiger partial charge in [0.15, 0.2) is 12.4 Å². The van der Waals surface area contributed by atoms with Crippen LogP contribution in [0.15, 0.2) is 158 Å². The molecule has 2 unspecified atom stereocenters. The third-order valence-electron chi connectivity index (χ3n) is 11.8. The molecule has 0 rings (SSSR count). The van der Waals surface area contributed by atoms with E-state index in [0.717, 1.165) is 128 Å². The first-order chi connectivity index (χ1) is 37.6. The molecule has 0 N–H and O–H groups in total. The lowest BCUT2D eigenvalue weighted by Gasteiger charge is -2.26. The number of hydrogen-bond acceptors (Lipinski definition) is 8. The molecule has 0 saturated carbocycles. The molecule has 77 heavy (non-hydrogen) atoms. The van der Waals surface area contributed by atoms with Crippen molar-refractivity contribution in [2.75, 3.05) is 47.5 Å². The minimum atomic E-state index is -1.64. The molecule has 0 spiro atoms. The number of aliphatic carboxylic acids is 1. The van der Waals surface area contributed by atoms with Crippen molar-refractivity contribution in [1.29, 1.82) is 0 Å². The van der Waals surface area contributed by atoms with Crippen molar-refractivity contribution >= 4 is 17.9 Å². The predicted octanol–water partition coefficient (Wildman–Crippen LogP) is 16.4. The summed E-state index contributed by atoms with van der Waals surface area (Å²) in [6.45, 7) is 4.51. The number of carbonyl (C=O) groups excluding carboxylic acids is 3. The Morgan fingerprint density at radius 1 is 0.403 bits per heavy atom. The summed E-state index contributed by atoms with van der Waals surface area (Å²) >= 11 is 0. The van der Waals surface area contributed by atoms with Gasteiger partial charge in [0.1, 0.15) is 13.2 Å². The van der Waals surface area contributed by atoms with Gasteiger partial charge in [0.05, 0.1) is 40.3 Å². The number of carbonyl (C=O) groups is 3. The quantitative estimate of drug-likeness (QED) is 0.0195. The normalized spacial score (nSPS) is 13.9. The first-order valence-electron chi connectivity index (χ1n) is 29.6. The molecule has 0 heterocycles. The first kappa shape index (κ1) is 71.9. The van der Waals surface area contributed by atoms with Crippen LogP contribution in [-0.2, 0) is 33.3 Å². The number of carboxylic acids is 1. The molecule has 0 fully saturated rings. The fraction of sp³-hybridized carbons (Fsp3) is 0.574. The summed E-state index contributed by atoms with van der Waals surface area (Å²) < 4.78 is 22.6. The zero-order valence-corrected chi connectivity index (χ0v) is 49.0. The van der Waals surface area contributed by atoms with Gasteiger partial charge in [-0.1, -0.05) is 210 Å². The number of nitrogens with zero attached hydrogens (tertiary/aromatic N) is 1. The van der Waals surface area contributed by atoms with Gasteiger partial charge in [-0.2, -0.15) is 0 Å². The molecule has 0 aromatic carbocycles. The first-order valence-corrected chi connectivity index (χ1v) is 29.6. The number of hydrogen-bond donors (Lipinski definition) is 0. The molecule has 0 aliphatic rings. The van der Waals surface area contributed by atoms with E-state index >= 15 is 0 Å². The smallest absolute Gasteiger partial charge is 0.306 e. The Bertz CT molecular complexity index is 1810. The molecule has 2 atom stereocenters. The average molecular weight is 1070 g/mol. The number of esters is 2. The minimum absolute atomic E-state index is 0.129. The highest BCUT2D eigenvalue weighted by Gasteiger charge is 2.22. The third-order valence-corrected chi connectivity index (χ3v) is 11.8. The standard InChI is InChI=1S/C68H107NO8/c1-6-8-10-12-14-16-18-20-22-23-24-25-26-27-28-29-30-31-32-33-34-35-36-37-38-39-40-41-42-43-45-47-49-51-53-55-57-59-66(71)77-64(63-76-68(67(72)73)74-61-60-69(3,4)5)62-75-65(70)58-56-54-52-50-48-46-44-21-19-17-15-13-11-9-7-2/h8,10,14-17,20-22,24-25,27-28,30-31,33-34,36-37,39-40,42-44,47,49,64,68H,6-7,9,11-13,18-19,23,26,29,32,35,38,41,45-46,48,50-63H2,1-5H3/b10-8-,16-14-,17-15-,22-20-,25-24-,28-27-,31-30-,34-33-,37-36-,40-39-,43-42-,44-21-,49-47-. The molecule has 0 saturated heterocycles. The summed E-state index contributed by atoms with van der Waals surface area (Å²) in [6, 6.07) is 0. The highest BCUT2D eigenvalue weighted by atomic mass is 16.7. The molecule has 0 bridgehead atoms. The zero-order valence-electron chi connectivity index (χ0n) is 49.0. The van der Waals surface area contributed by atoms with Gasteiger partial charge in [0.2, 0.25) is 0 Å². The molecule has 0 radical (unpaired) electrons. The van der Waals surface area contributed by atoms with Gasteiger partial charge in [0, 0.05) is 12.8 Å². The van der Waals surface area contributed by atoms with Gasteiger partial charge in [-0.3, -0.25) is 9.59 Å². The lowest BCUT2D eigenvalue weighted by atomic mass is 10.1. The van der Waals surface area contributed by atoms with Crippen molar-refractivity contribution in [2.45, 2.75) is 206 Å². The van der Waals surface area contributed by atoms with E-state index in [0.29, 0.717) is 23.9 Å². The monoisotopic (exact) mass is 1070 g/mol. The van der Waals surface area contributed by atoms with Gasteiger partial charge in [0.25, 0.3) is 0 Å². The Labute approximate surface area is 470 Å². The van der Waals surface area contributed by atoms with Crippen molar-refractivity contribution in [3.05, 3.63) is 158 Å². The van der Waals surface area contributed by atoms with Gasteiger partial charge >= 0.3 is 11.9 Å². The number of ether oxygens (including phenoxy) is 4. The van der Waals surface area contributed by atoms with Crippen LogP contribution in [0.5, 0.6) is 0 Å². The second kappa shape index (κ2) is 57.1. The van der Waals surface area contributed by atoms with Crippen molar-refractivity contribution in [3.63, 3.8) is 0 Å². The van der Waals surface area contributed by atoms with Gasteiger partial charge < -0.3 is 33.3 Å². The fourth-order valence-electron chi connectivity index (χ4n) is 7.22. The molecule has 0 amide bonds. The van der Waals surface area contributed by atoms with E-state index in [4.69, 9.17) is 18.9 Å². The largest absolute Gasteiger partial charge is 0.545 e. The Hall–Kier alpha value is -5.09. The fourth-order valence-corrected chi connectivity index (χ4v) is 7.22. The Morgan fingerprint density at radius 3 is 1.12 bits per heavy atom. The SMILES string of the molecule is CC/C=C\C/C=C\C/C=C\C/C=C\C/C=C\C/C=C\C/C=C\C/C=C\C/C=C\C/C=C\C/C=C\CCCCCC(=O)OC(COC(=O)CCCCCCC/C=C\C/C=C\CCCCC)COC(OCC[N+](C)(C)C)C(=O)[O-]. The summed E-state index contributed by atoms with van der Waals surface area (Å²) in [4.78, 5) is 37.2. The maximum Gasteiger partial charge on any atom is 0.306 e. The Kier molecular flexibility index (Phi) is 53.3. The molecule has 9 heteroatoms. The molecule has 432 valence electrons. The Balaban J connectivity index is 4.33. The summed E-state index contributed by atoms with van der Waals surface area (Å²) in [7, 11) is 5.89. The van der Waals surface area contributed by atoms with E-state index in [-0.39, 0.29) is 38.6 Å². The lowest BCUT2D eigenvalue weighted by molar-refractivity contribution is -0.870. The van der Waals surface area contributed by atoms with Gasteiger partial charge in [-0.05, 0) is 128 Å². The molecule has 0 aromatic rings. The van der Waals surface area contributed by atoms with Crippen LogP contribution in [-0.4, -0.2) is 82.3 Å². The molecular formula is C68H107NO8. The zero-order chi connectivity index (χ0) is 56.2. The van der Waals surface area contributed by atoms with Crippen molar-refractivity contribution < 1.29 is 42.9 Å². The van der Waals surface area contributed by atoms with Crippen LogP contribution in [0, 0.1) is 0 Å². The molecular weight excluding hydrogens is 959 g/mol. The van der Waals surface area contributed by atoms with Crippen molar-refractivity contribution in [1.82, 2.24) is 0 Å². The third kappa shape index (κ3) is 58.4. The summed E-state index contributed by atoms with van der Waals surface area (Å²) in [5.74, 6) is -2.37. The van der Waals surface area contributed by atoms with Crippen LogP contribution in [0.1, 0.15) is 194 Å². The lowest BCUT2D eigenvalue weighted by Crippen LogP contribution is -2.44. The van der Waals surface area contributed by atoms with Crippen LogP contribution in [0.3, 0.4) is 0 Å². The second-order valence-corrected chi connectivity index (χ2v) is 20.2. The van der Waals surface area contributed by atoms with Gasteiger partial charge in [-0.25, -0.2) is 0 Å². The van der Waals surface area contributed by atoms with Crippen molar-refractivity contribution in [3.8, 4) is 0 Å². The highest BCUT2D eigenvalue weighted by molar-refractivity contribution is 5.70. The number of unbranched alkanes of at least 4 members (excludes halogenated alkanes) is 11. The van der Waals surface area contributed by atoms with Crippen LogP contribution in [0.4, 0.5) is 0 Å². The van der Waals surface area contributed by atoms with E-state index in [9.17, 15) is 19.5 Å². The minimum Gasteiger partial charge on any atom is -0.545 e. The van der Waals surface area contributed by atoms with Crippen LogP contribution in [0.2, 0.25) is 0 Å². The van der Waals surface area contributed by atoms with Crippen LogP contribution < -0.4 is 5.11 Å². The average Bonchev–Trinajstić information content (AvgIpc) is 3.40. The maximum absolute atomic E-state index is 12.8.